The zero-order chi connectivity index (χ0) is 17.2. The second kappa shape index (κ2) is 7.23. The number of pyridine rings is 1. The van der Waals surface area contributed by atoms with E-state index in [2.05, 4.69) is 15.0 Å². The molecule has 25 heavy (non-hydrogen) atoms. The van der Waals surface area contributed by atoms with Crippen LogP contribution in [-0.4, -0.2) is 46.4 Å². The van der Waals surface area contributed by atoms with Crippen molar-refractivity contribution in [3.05, 3.63) is 47.1 Å². The van der Waals surface area contributed by atoms with E-state index in [1.807, 2.05) is 32.2 Å². The van der Waals surface area contributed by atoms with Gasteiger partial charge in [0.05, 0.1) is 18.4 Å². The molecule has 0 aromatic carbocycles. The summed E-state index contributed by atoms with van der Waals surface area (Å²) >= 11 is 0. The van der Waals surface area contributed by atoms with Crippen LogP contribution in [0.2, 0.25) is 0 Å². The molecule has 6 nitrogen and oxygen atoms in total. The molecule has 0 spiro atoms. The molecule has 2 aromatic rings. The van der Waals surface area contributed by atoms with E-state index in [9.17, 15) is 0 Å². The SMILES string of the molecule is Cc1noc(C)c1CN1C[C@H](OCc2cccnc2)[C@H]2OCCC[C@H]21. The molecule has 2 saturated heterocycles. The fraction of sp³-hybridized carbons (Fsp3) is 0.579. The van der Waals surface area contributed by atoms with Gasteiger partial charge in [0.25, 0.3) is 0 Å². The fourth-order valence-corrected chi connectivity index (χ4v) is 3.95. The molecule has 0 saturated carbocycles. The van der Waals surface area contributed by atoms with E-state index in [4.69, 9.17) is 14.0 Å². The first kappa shape index (κ1) is 16.7. The monoisotopic (exact) mass is 343 g/mol. The standard InChI is InChI=1S/C19H25N3O3/c1-13-16(14(2)25-21-13)10-22-11-18(19-17(22)6-4-8-23-19)24-12-15-5-3-7-20-9-15/h3,5,7,9,17-19H,4,6,8,10-12H2,1-2H3/t17-,18+,19+/m1/s1. The third-order valence-corrected chi connectivity index (χ3v) is 5.31. The van der Waals surface area contributed by atoms with Crippen molar-refractivity contribution in [1.29, 1.82) is 0 Å². The highest BCUT2D eigenvalue weighted by Gasteiger charge is 2.44. The van der Waals surface area contributed by atoms with E-state index < -0.39 is 0 Å². The number of aromatic nitrogens is 2. The van der Waals surface area contributed by atoms with E-state index >= 15 is 0 Å². The van der Waals surface area contributed by atoms with Crippen molar-refractivity contribution in [2.24, 2.45) is 0 Å². The average Bonchev–Trinajstić information content (AvgIpc) is 3.16. The van der Waals surface area contributed by atoms with Crippen LogP contribution < -0.4 is 0 Å². The Morgan fingerprint density at radius 3 is 3.04 bits per heavy atom. The van der Waals surface area contributed by atoms with Gasteiger partial charge in [-0.25, -0.2) is 0 Å². The predicted molar refractivity (Wildman–Crippen MR) is 92.0 cm³/mol. The van der Waals surface area contributed by atoms with Crippen molar-refractivity contribution in [2.75, 3.05) is 13.2 Å². The second-order valence-corrected chi connectivity index (χ2v) is 6.99. The van der Waals surface area contributed by atoms with Gasteiger partial charge < -0.3 is 14.0 Å². The summed E-state index contributed by atoms with van der Waals surface area (Å²) < 4.78 is 17.6. The molecule has 0 N–H and O–H groups in total. The Balaban J connectivity index is 1.46. The highest BCUT2D eigenvalue weighted by atomic mass is 16.5. The maximum atomic E-state index is 6.22. The smallest absolute Gasteiger partial charge is 0.138 e. The number of hydrogen-bond donors (Lipinski definition) is 0. The van der Waals surface area contributed by atoms with Gasteiger partial charge in [-0.05, 0) is 38.3 Å². The van der Waals surface area contributed by atoms with Gasteiger partial charge in [0.1, 0.15) is 11.9 Å². The molecule has 2 aliphatic heterocycles. The van der Waals surface area contributed by atoms with E-state index in [1.165, 1.54) is 5.56 Å². The second-order valence-electron chi connectivity index (χ2n) is 6.99. The molecule has 3 atom stereocenters. The Morgan fingerprint density at radius 1 is 1.36 bits per heavy atom. The maximum Gasteiger partial charge on any atom is 0.138 e. The third kappa shape index (κ3) is 3.47. The van der Waals surface area contributed by atoms with Crippen LogP contribution in [0.3, 0.4) is 0 Å². The van der Waals surface area contributed by atoms with Crippen LogP contribution in [0.15, 0.2) is 29.0 Å². The first-order valence-corrected chi connectivity index (χ1v) is 9.00. The molecule has 0 unspecified atom stereocenters. The van der Waals surface area contributed by atoms with Crippen LogP contribution in [0.1, 0.15) is 35.4 Å². The van der Waals surface area contributed by atoms with E-state index in [0.29, 0.717) is 12.6 Å². The minimum absolute atomic E-state index is 0.0889. The van der Waals surface area contributed by atoms with Gasteiger partial charge >= 0.3 is 0 Å². The molecule has 0 bridgehead atoms. The molecule has 4 heterocycles. The van der Waals surface area contributed by atoms with Crippen LogP contribution in [0.5, 0.6) is 0 Å². The third-order valence-electron chi connectivity index (χ3n) is 5.31. The van der Waals surface area contributed by atoms with Gasteiger partial charge in [-0.2, -0.15) is 0 Å². The molecular weight excluding hydrogens is 318 g/mol. The van der Waals surface area contributed by atoms with Crippen molar-refractivity contribution < 1.29 is 14.0 Å². The lowest BCUT2D eigenvalue weighted by Crippen LogP contribution is -2.41. The zero-order valence-corrected chi connectivity index (χ0v) is 14.9. The Bertz CT molecular complexity index is 684. The molecule has 0 aliphatic carbocycles. The Hall–Kier alpha value is -1.76. The topological polar surface area (TPSA) is 60.6 Å². The van der Waals surface area contributed by atoms with Gasteiger partial charge in [-0.15, -0.1) is 0 Å². The van der Waals surface area contributed by atoms with Crippen LogP contribution in [0.25, 0.3) is 0 Å². The average molecular weight is 343 g/mol. The summed E-state index contributed by atoms with van der Waals surface area (Å²) in [5, 5.41) is 4.09. The van der Waals surface area contributed by atoms with Crippen molar-refractivity contribution >= 4 is 0 Å². The molecule has 2 fully saturated rings. The number of aryl methyl sites for hydroxylation is 2. The Kier molecular flexibility index (Phi) is 4.83. The molecule has 2 aromatic heterocycles. The molecule has 2 aliphatic rings. The van der Waals surface area contributed by atoms with Gasteiger partial charge in [0.15, 0.2) is 0 Å². The van der Waals surface area contributed by atoms with Crippen molar-refractivity contribution in [2.45, 2.75) is 58.1 Å². The van der Waals surface area contributed by atoms with Gasteiger partial charge in [0, 0.05) is 43.7 Å². The van der Waals surface area contributed by atoms with Crippen LogP contribution >= 0.6 is 0 Å². The summed E-state index contributed by atoms with van der Waals surface area (Å²) in [6, 6.07) is 4.39. The van der Waals surface area contributed by atoms with Crippen LogP contribution in [-0.2, 0) is 22.6 Å². The molecule has 0 amide bonds. The van der Waals surface area contributed by atoms with Crippen molar-refractivity contribution in [3.8, 4) is 0 Å². The van der Waals surface area contributed by atoms with Crippen molar-refractivity contribution in [3.63, 3.8) is 0 Å². The van der Waals surface area contributed by atoms with Gasteiger partial charge in [-0.3, -0.25) is 9.88 Å². The lowest BCUT2D eigenvalue weighted by Gasteiger charge is -2.32. The highest BCUT2D eigenvalue weighted by molar-refractivity contribution is 5.21. The summed E-state index contributed by atoms with van der Waals surface area (Å²) in [6.07, 6.45) is 6.13. The number of hydrogen-bond acceptors (Lipinski definition) is 6. The fourth-order valence-electron chi connectivity index (χ4n) is 3.95. The minimum atomic E-state index is 0.0889. The van der Waals surface area contributed by atoms with Crippen molar-refractivity contribution in [1.82, 2.24) is 15.0 Å². The van der Waals surface area contributed by atoms with Gasteiger partial charge in [0.2, 0.25) is 0 Å². The molecule has 0 radical (unpaired) electrons. The van der Waals surface area contributed by atoms with E-state index in [0.717, 1.165) is 49.6 Å². The molecule has 6 heteroatoms. The molecular formula is C19H25N3O3. The number of fused-ring (bicyclic) bond motifs is 1. The summed E-state index contributed by atoms with van der Waals surface area (Å²) in [7, 11) is 0. The Morgan fingerprint density at radius 2 is 2.28 bits per heavy atom. The zero-order valence-electron chi connectivity index (χ0n) is 14.9. The van der Waals surface area contributed by atoms with Crippen LogP contribution in [0.4, 0.5) is 0 Å². The van der Waals surface area contributed by atoms with Gasteiger partial charge in [-0.1, -0.05) is 11.2 Å². The predicted octanol–water partition coefficient (Wildman–Crippen LogP) is 2.64. The molecule has 134 valence electrons. The summed E-state index contributed by atoms with van der Waals surface area (Å²) in [5.41, 5.74) is 3.27. The first-order chi connectivity index (χ1) is 12.2. The normalized spacial score (nSPS) is 26.7. The summed E-state index contributed by atoms with van der Waals surface area (Å²) in [5.74, 6) is 0.908. The number of nitrogens with zero attached hydrogens (tertiary/aromatic N) is 3. The quantitative estimate of drug-likeness (QED) is 0.832. The number of ether oxygens (including phenoxy) is 2. The molecule has 4 rings (SSSR count). The lowest BCUT2D eigenvalue weighted by atomic mass is 10.0. The first-order valence-electron chi connectivity index (χ1n) is 9.00. The largest absolute Gasteiger partial charge is 0.374 e. The lowest BCUT2D eigenvalue weighted by molar-refractivity contribution is -0.0819. The van der Waals surface area contributed by atoms with Crippen LogP contribution in [0, 0.1) is 13.8 Å². The van der Waals surface area contributed by atoms with E-state index in [1.54, 1.807) is 6.20 Å². The number of rotatable bonds is 5. The maximum absolute atomic E-state index is 6.22. The number of likely N-dealkylation sites (tertiary alicyclic amines) is 1. The Labute approximate surface area is 148 Å². The minimum Gasteiger partial charge on any atom is -0.374 e. The summed E-state index contributed by atoms with van der Waals surface area (Å²) in [6.45, 7) is 7.11. The highest BCUT2D eigenvalue weighted by Crippen LogP contribution is 2.33. The van der Waals surface area contributed by atoms with E-state index in [-0.39, 0.29) is 12.2 Å². The summed E-state index contributed by atoms with van der Waals surface area (Å²) in [4.78, 5) is 6.63.